The molecule has 0 N–H and O–H groups in total. The quantitative estimate of drug-likeness (QED) is 0.568. The van der Waals surface area contributed by atoms with Gasteiger partial charge in [0.25, 0.3) is 0 Å². The number of aromatic nitrogens is 1. The monoisotopic (exact) mass is 305 g/mol. The van der Waals surface area contributed by atoms with Gasteiger partial charge in [-0.05, 0) is 44.5 Å². The molecular formula is C21H23NO. The van der Waals surface area contributed by atoms with Crippen LogP contribution in [0, 0.1) is 6.92 Å². The van der Waals surface area contributed by atoms with Crippen LogP contribution in [0.2, 0.25) is 0 Å². The molecule has 0 spiro atoms. The molecule has 1 heterocycles. The van der Waals surface area contributed by atoms with Crippen molar-refractivity contribution in [2.45, 2.75) is 33.9 Å². The summed E-state index contributed by atoms with van der Waals surface area (Å²) in [6, 6.07) is 18.8. The molecule has 0 radical (unpaired) electrons. The fourth-order valence-corrected chi connectivity index (χ4v) is 2.80. The first-order valence-electron chi connectivity index (χ1n) is 8.06. The largest absolute Gasteiger partial charge is 0.488 e. The van der Waals surface area contributed by atoms with Crippen molar-refractivity contribution >= 4 is 10.9 Å². The third-order valence-corrected chi connectivity index (χ3v) is 4.25. The zero-order valence-corrected chi connectivity index (χ0v) is 14.0. The van der Waals surface area contributed by atoms with Gasteiger partial charge in [-0.25, -0.2) is 0 Å². The SMILES string of the molecule is C/C=C(\C)Cn1c(C)cc2c(OCc3ccccc3)cccc21. The van der Waals surface area contributed by atoms with E-state index in [0.29, 0.717) is 6.61 Å². The topological polar surface area (TPSA) is 14.2 Å². The average molecular weight is 305 g/mol. The number of aryl methyl sites for hydroxylation is 1. The highest BCUT2D eigenvalue weighted by Gasteiger charge is 2.10. The molecule has 2 nitrogen and oxygen atoms in total. The highest BCUT2D eigenvalue weighted by molar-refractivity contribution is 5.87. The van der Waals surface area contributed by atoms with Gasteiger partial charge in [0.05, 0.1) is 5.52 Å². The Balaban J connectivity index is 1.91. The smallest absolute Gasteiger partial charge is 0.129 e. The van der Waals surface area contributed by atoms with E-state index in [1.54, 1.807) is 0 Å². The van der Waals surface area contributed by atoms with E-state index in [-0.39, 0.29) is 0 Å². The lowest BCUT2D eigenvalue weighted by Gasteiger charge is -2.10. The third-order valence-electron chi connectivity index (χ3n) is 4.25. The minimum absolute atomic E-state index is 0.595. The third kappa shape index (κ3) is 3.31. The molecule has 0 amide bonds. The summed E-state index contributed by atoms with van der Waals surface area (Å²) in [6.07, 6.45) is 2.17. The van der Waals surface area contributed by atoms with E-state index in [2.05, 4.69) is 67.8 Å². The normalized spacial score (nSPS) is 11.9. The van der Waals surface area contributed by atoms with Crippen LogP contribution in [-0.2, 0) is 13.2 Å². The maximum atomic E-state index is 6.08. The summed E-state index contributed by atoms with van der Waals surface area (Å²) in [4.78, 5) is 0. The number of hydrogen-bond donors (Lipinski definition) is 0. The number of ether oxygens (including phenoxy) is 1. The Bertz CT molecular complexity index is 828. The fraction of sp³-hybridized carbons (Fsp3) is 0.238. The average Bonchev–Trinajstić information content (AvgIpc) is 2.90. The summed E-state index contributed by atoms with van der Waals surface area (Å²) in [7, 11) is 0. The maximum Gasteiger partial charge on any atom is 0.129 e. The van der Waals surface area contributed by atoms with Crippen molar-refractivity contribution in [3.63, 3.8) is 0 Å². The minimum atomic E-state index is 0.595. The van der Waals surface area contributed by atoms with Crippen LogP contribution in [0.15, 0.2) is 66.2 Å². The molecule has 0 saturated heterocycles. The van der Waals surface area contributed by atoms with Crippen LogP contribution in [0.3, 0.4) is 0 Å². The van der Waals surface area contributed by atoms with E-state index >= 15 is 0 Å². The van der Waals surface area contributed by atoms with Crippen molar-refractivity contribution in [1.29, 1.82) is 0 Å². The van der Waals surface area contributed by atoms with Gasteiger partial charge in [-0.1, -0.05) is 48.0 Å². The van der Waals surface area contributed by atoms with Crippen molar-refractivity contribution in [3.8, 4) is 5.75 Å². The molecule has 0 saturated carbocycles. The molecule has 2 aromatic carbocycles. The summed E-state index contributed by atoms with van der Waals surface area (Å²) >= 11 is 0. The molecule has 0 fully saturated rings. The van der Waals surface area contributed by atoms with E-state index in [1.807, 2.05) is 18.2 Å². The molecule has 2 heteroatoms. The van der Waals surface area contributed by atoms with Gasteiger partial charge in [-0.3, -0.25) is 0 Å². The van der Waals surface area contributed by atoms with Crippen LogP contribution in [0.5, 0.6) is 5.75 Å². The van der Waals surface area contributed by atoms with Crippen molar-refractivity contribution in [1.82, 2.24) is 4.57 Å². The zero-order chi connectivity index (χ0) is 16.2. The lowest BCUT2D eigenvalue weighted by atomic mass is 10.2. The van der Waals surface area contributed by atoms with E-state index in [1.165, 1.54) is 27.7 Å². The molecule has 0 aliphatic rings. The van der Waals surface area contributed by atoms with Gasteiger partial charge in [0.1, 0.15) is 12.4 Å². The van der Waals surface area contributed by atoms with Crippen LogP contribution in [0.1, 0.15) is 25.1 Å². The van der Waals surface area contributed by atoms with Gasteiger partial charge in [0.15, 0.2) is 0 Å². The van der Waals surface area contributed by atoms with E-state index < -0.39 is 0 Å². The van der Waals surface area contributed by atoms with E-state index in [9.17, 15) is 0 Å². The van der Waals surface area contributed by atoms with Crippen LogP contribution in [0.4, 0.5) is 0 Å². The molecule has 0 aliphatic heterocycles. The number of allylic oxidation sites excluding steroid dienone is 2. The molecule has 1 aromatic heterocycles. The maximum absolute atomic E-state index is 6.08. The molecule has 3 aromatic rings. The molecule has 0 atom stereocenters. The Hall–Kier alpha value is -2.48. The predicted molar refractivity (Wildman–Crippen MR) is 96.9 cm³/mol. The number of fused-ring (bicyclic) bond motifs is 1. The number of hydrogen-bond acceptors (Lipinski definition) is 1. The Morgan fingerprint density at radius 3 is 2.61 bits per heavy atom. The summed E-state index contributed by atoms with van der Waals surface area (Å²) in [5, 5.41) is 1.19. The molecule has 118 valence electrons. The van der Waals surface area contributed by atoms with Gasteiger partial charge in [-0.15, -0.1) is 0 Å². The summed E-state index contributed by atoms with van der Waals surface area (Å²) in [6.45, 7) is 7.93. The Morgan fingerprint density at radius 1 is 1.09 bits per heavy atom. The standard InChI is InChI=1S/C21H23NO/c1-4-16(2)14-22-17(3)13-19-20(22)11-8-12-21(19)23-15-18-9-6-5-7-10-18/h4-13H,14-15H2,1-3H3/b16-4+. The lowest BCUT2D eigenvalue weighted by Crippen LogP contribution is -2.01. The fourth-order valence-electron chi connectivity index (χ4n) is 2.80. The lowest BCUT2D eigenvalue weighted by molar-refractivity contribution is 0.310. The highest BCUT2D eigenvalue weighted by atomic mass is 16.5. The van der Waals surface area contributed by atoms with Crippen molar-refractivity contribution in [2.75, 3.05) is 0 Å². The molecule has 0 bridgehead atoms. The zero-order valence-electron chi connectivity index (χ0n) is 14.0. The van der Waals surface area contributed by atoms with Crippen molar-refractivity contribution in [3.05, 3.63) is 77.5 Å². The minimum Gasteiger partial charge on any atom is -0.488 e. The number of nitrogens with zero attached hydrogens (tertiary/aromatic N) is 1. The second kappa shape index (κ2) is 6.74. The molecule has 3 rings (SSSR count). The second-order valence-corrected chi connectivity index (χ2v) is 5.97. The van der Waals surface area contributed by atoms with E-state index in [4.69, 9.17) is 4.74 Å². The molecule has 0 unspecified atom stereocenters. The Morgan fingerprint density at radius 2 is 1.87 bits per heavy atom. The molecular weight excluding hydrogens is 282 g/mol. The van der Waals surface area contributed by atoms with Crippen molar-refractivity contribution < 1.29 is 4.74 Å². The number of benzene rings is 2. The van der Waals surface area contributed by atoms with Crippen LogP contribution >= 0.6 is 0 Å². The van der Waals surface area contributed by atoms with Gasteiger partial charge in [0.2, 0.25) is 0 Å². The molecule has 23 heavy (non-hydrogen) atoms. The number of rotatable bonds is 5. The van der Waals surface area contributed by atoms with Gasteiger partial charge in [0, 0.05) is 17.6 Å². The van der Waals surface area contributed by atoms with Crippen molar-refractivity contribution in [2.24, 2.45) is 0 Å². The summed E-state index contributed by atoms with van der Waals surface area (Å²) in [5.74, 6) is 0.950. The summed E-state index contributed by atoms with van der Waals surface area (Å²) < 4.78 is 8.42. The Labute approximate surface area is 138 Å². The Kier molecular flexibility index (Phi) is 4.52. The first-order valence-corrected chi connectivity index (χ1v) is 8.06. The predicted octanol–water partition coefficient (Wildman–Crippen LogP) is 5.49. The van der Waals surface area contributed by atoms with Crippen LogP contribution < -0.4 is 4.74 Å². The summed E-state index contributed by atoms with van der Waals surface area (Å²) in [5.41, 5.74) is 5.04. The second-order valence-electron chi connectivity index (χ2n) is 5.97. The van der Waals surface area contributed by atoms with Crippen LogP contribution in [0.25, 0.3) is 10.9 Å². The molecule has 0 aliphatic carbocycles. The first kappa shape index (κ1) is 15.4. The first-order chi connectivity index (χ1) is 11.2. The van der Waals surface area contributed by atoms with E-state index in [0.717, 1.165) is 12.3 Å². The van der Waals surface area contributed by atoms with Gasteiger partial charge >= 0.3 is 0 Å². The van der Waals surface area contributed by atoms with Gasteiger partial charge in [-0.2, -0.15) is 0 Å². The van der Waals surface area contributed by atoms with Crippen LogP contribution in [-0.4, -0.2) is 4.57 Å². The highest BCUT2D eigenvalue weighted by Crippen LogP contribution is 2.30. The van der Waals surface area contributed by atoms with Gasteiger partial charge < -0.3 is 9.30 Å².